The zero-order chi connectivity index (χ0) is 33.9. The highest BCUT2D eigenvalue weighted by molar-refractivity contribution is 7.18. The van der Waals surface area contributed by atoms with Crippen LogP contribution in [-0.2, 0) is 16.1 Å². The van der Waals surface area contributed by atoms with Crippen molar-refractivity contribution in [1.82, 2.24) is 24.6 Å². The largest absolute Gasteiger partial charge is 0.492 e. The van der Waals surface area contributed by atoms with Gasteiger partial charge in [0.2, 0.25) is 5.91 Å². The van der Waals surface area contributed by atoms with Crippen LogP contribution in [0.25, 0.3) is 43.9 Å². The Morgan fingerprint density at radius 2 is 1.90 bits per heavy atom. The van der Waals surface area contributed by atoms with E-state index in [-0.39, 0.29) is 36.5 Å². The van der Waals surface area contributed by atoms with Crippen LogP contribution in [0.3, 0.4) is 0 Å². The number of pyridine rings is 1. The summed E-state index contributed by atoms with van der Waals surface area (Å²) < 4.78 is 50.4. The molecule has 250 valence electrons. The standard InChI is InChI=1S/C36H37F2N5O4S/c1-6-31(44)42-11-12-43-29(22(42)2)21-28(40-43)35-33(32-27(38)19-24(37)20-30(32)47-16-15-45-5)36-26(10-17-48-36)34(39-35)23-8-7-9-25(18-23)46-14-13-41(3)4/h6-10,17-22H,1,11-16H2,2-5H3/t22-/m1/s1. The van der Waals surface area contributed by atoms with Crippen LogP contribution >= 0.6 is 11.3 Å². The highest BCUT2D eigenvalue weighted by Crippen LogP contribution is 2.47. The summed E-state index contributed by atoms with van der Waals surface area (Å²) in [6.45, 7) is 8.10. The third kappa shape index (κ3) is 6.55. The number of hydrogen-bond acceptors (Lipinski definition) is 8. The Kier molecular flexibility index (Phi) is 9.86. The average Bonchev–Trinajstić information content (AvgIpc) is 3.73. The van der Waals surface area contributed by atoms with Crippen molar-refractivity contribution in [2.45, 2.75) is 19.5 Å². The van der Waals surface area contributed by atoms with E-state index >= 15 is 4.39 Å². The summed E-state index contributed by atoms with van der Waals surface area (Å²) in [4.78, 5) is 21.6. The first-order chi connectivity index (χ1) is 23.2. The molecule has 3 aromatic heterocycles. The van der Waals surface area contributed by atoms with Crippen molar-refractivity contribution in [2.24, 2.45) is 0 Å². The molecular weight excluding hydrogens is 636 g/mol. The predicted octanol–water partition coefficient (Wildman–Crippen LogP) is 6.83. The molecule has 0 aliphatic carbocycles. The first kappa shape index (κ1) is 33.3. The molecule has 5 aromatic rings. The van der Waals surface area contributed by atoms with E-state index in [0.29, 0.717) is 48.1 Å². The van der Waals surface area contributed by atoms with E-state index in [9.17, 15) is 9.18 Å². The monoisotopic (exact) mass is 673 g/mol. The van der Waals surface area contributed by atoms with Crippen LogP contribution in [0, 0.1) is 11.6 Å². The van der Waals surface area contributed by atoms with E-state index in [1.165, 1.54) is 30.6 Å². The summed E-state index contributed by atoms with van der Waals surface area (Å²) in [6.07, 6.45) is 1.31. The molecule has 0 unspecified atom stereocenters. The van der Waals surface area contributed by atoms with Gasteiger partial charge in [-0.2, -0.15) is 5.10 Å². The van der Waals surface area contributed by atoms with Crippen LogP contribution in [0.1, 0.15) is 18.7 Å². The first-order valence-corrected chi connectivity index (χ1v) is 16.5. The Hall–Kier alpha value is -4.65. The number of benzene rings is 2. The lowest BCUT2D eigenvalue weighted by atomic mass is 9.96. The topological polar surface area (TPSA) is 82.0 Å². The van der Waals surface area contributed by atoms with Crippen LogP contribution in [-0.4, -0.2) is 84.6 Å². The summed E-state index contributed by atoms with van der Waals surface area (Å²) in [6, 6.07) is 13.3. The third-order valence-corrected chi connectivity index (χ3v) is 9.23. The number of aromatic nitrogens is 3. The maximum atomic E-state index is 16.1. The van der Waals surface area contributed by atoms with Crippen molar-refractivity contribution in [3.8, 4) is 45.3 Å². The van der Waals surface area contributed by atoms with Crippen molar-refractivity contribution >= 4 is 27.3 Å². The summed E-state index contributed by atoms with van der Waals surface area (Å²) in [5.41, 5.74) is 3.68. The molecule has 1 atom stereocenters. The van der Waals surface area contributed by atoms with Crippen LogP contribution < -0.4 is 9.47 Å². The first-order valence-electron chi connectivity index (χ1n) is 15.6. The number of ether oxygens (including phenoxy) is 3. The SMILES string of the molecule is C=CC(=O)N1CCn2nc(-c3nc(-c4cccc(OCCN(C)C)c4)c4ccsc4c3-c3c(F)cc(F)cc3OCCOC)cc2[C@H]1C. The molecule has 0 bridgehead atoms. The van der Waals surface area contributed by atoms with Gasteiger partial charge in [0.1, 0.15) is 47.7 Å². The van der Waals surface area contributed by atoms with Gasteiger partial charge in [-0.25, -0.2) is 13.8 Å². The number of nitrogens with zero attached hydrogens (tertiary/aromatic N) is 5. The van der Waals surface area contributed by atoms with Gasteiger partial charge in [0.15, 0.2) is 0 Å². The lowest BCUT2D eigenvalue weighted by Gasteiger charge is -2.33. The fourth-order valence-electron chi connectivity index (χ4n) is 5.92. The molecule has 0 fully saturated rings. The highest BCUT2D eigenvalue weighted by Gasteiger charge is 2.31. The van der Waals surface area contributed by atoms with Gasteiger partial charge in [-0.1, -0.05) is 18.7 Å². The van der Waals surface area contributed by atoms with Gasteiger partial charge in [0.25, 0.3) is 0 Å². The Labute approximate surface area is 282 Å². The van der Waals surface area contributed by atoms with E-state index in [4.69, 9.17) is 24.3 Å². The molecule has 1 amide bonds. The maximum absolute atomic E-state index is 16.1. The molecule has 0 radical (unpaired) electrons. The molecule has 9 nitrogen and oxygen atoms in total. The Balaban J connectivity index is 1.58. The second-order valence-corrected chi connectivity index (χ2v) is 12.6. The fraction of sp³-hybridized carbons (Fsp3) is 0.306. The highest BCUT2D eigenvalue weighted by atomic mass is 32.1. The Bertz CT molecular complexity index is 1970. The van der Waals surface area contributed by atoms with Crippen molar-refractivity contribution in [3.63, 3.8) is 0 Å². The van der Waals surface area contributed by atoms with Crippen LogP contribution in [0.15, 0.2) is 66.6 Å². The van der Waals surface area contributed by atoms with Crippen molar-refractivity contribution < 1.29 is 27.8 Å². The summed E-state index contributed by atoms with van der Waals surface area (Å²) >= 11 is 1.42. The van der Waals surface area contributed by atoms with Crippen molar-refractivity contribution in [2.75, 3.05) is 54.1 Å². The van der Waals surface area contributed by atoms with Gasteiger partial charge in [0, 0.05) is 53.5 Å². The number of carbonyl (C=O) groups excluding carboxylic acids is 1. The summed E-state index contributed by atoms with van der Waals surface area (Å²) in [5.74, 6) is -0.990. The van der Waals surface area contributed by atoms with E-state index < -0.39 is 11.6 Å². The number of methoxy groups -OCH3 is 1. The molecule has 48 heavy (non-hydrogen) atoms. The number of likely N-dealkylation sites (N-methyl/N-ethyl adjacent to an activating group) is 1. The molecule has 12 heteroatoms. The zero-order valence-corrected chi connectivity index (χ0v) is 28.2. The molecule has 0 spiro atoms. The number of amides is 1. The van der Waals surface area contributed by atoms with Crippen LogP contribution in [0.4, 0.5) is 8.78 Å². The van der Waals surface area contributed by atoms with E-state index in [0.717, 1.165) is 34.0 Å². The molecule has 0 N–H and O–H groups in total. The Morgan fingerprint density at radius 3 is 2.67 bits per heavy atom. The minimum Gasteiger partial charge on any atom is -0.492 e. The lowest BCUT2D eigenvalue weighted by Crippen LogP contribution is -2.40. The van der Waals surface area contributed by atoms with Gasteiger partial charge in [-0.05, 0) is 56.7 Å². The van der Waals surface area contributed by atoms with E-state index in [2.05, 4.69) is 6.58 Å². The van der Waals surface area contributed by atoms with E-state index in [1.54, 1.807) is 4.90 Å². The van der Waals surface area contributed by atoms with Crippen LogP contribution in [0.2, 0.25) is 0 Å². The van der Waals surface area contributed by atoms with Gasteiger partial charge in [-0.3, -0.25) is 9.48 Å². The molecule has 0 saturated heterocycles. The van der Waals surface area contributed by atoms with Gasteiger partial charge < -0.3 is 24.0 Å². The summed E-state index contributed by atoms with van der Waals surface area (Å²) in [7, 11) is 5.50. The molecule has 2 aromatic carbocycles. The van der Waals surface area contributed by atoms with Gasteiger partial charge in [0.05, 0.1) is 36.1 Å². The number of hydrogen-bond donors (Lipinski definition) is 0. The number of thiophene rings is 1. The van der Waals surface area contributed by atoms with Crippen molar-refractivity contribution in [3.05, 3.63) is 83.9 Å². The van der Waals surface area contributed by atoms with E-state index in [1.807, 2.05) is 72.4 Å². The van der Waals surface area contributed by atoms with Gasteiger partial charge in [-0.15, -0.1) is 11.3 Å². The van der Waals surface area contributed by atoms with Crippen molar-refractivity contribution in [1.29, 1.82) is 0 Å². The predicted molar refractivity (Wildman–Crippen MR) is 183 cm³/mol. The molecular formula is C36H37F2N5O4S. The Morgan fingerprint density at radius 1 is 1.06 bits per heavy atom. The normalized spacial score (nSPS) is 14.4. The van der Waals surface area contributed by atoms with Crippen LogP contribution in [0.5, 0.6) is 11.5 Å². The second-order valence-electron chi connectivity index (χ2n) is 11.7. The smallest absolute Gasteiger partial charge is 0.246 e. The third-order valence-electron chi connectivity index (χ3n) is 8.30. The molecule has 0 saturated carbocycles. The number of rotatable bonds is 12. The number of carbonyl (C=O) groups is 1. The summed E-state index contributed by atoms with van der Waals surface area (Å²) in [5, 5.41) is 7.65. The second kappa shape index (κ2) is 14.2. The molecule has 1 aliphatic rings. The van der Waals surface area contributed by atoms with Gasteiger partial charge >= 0.3 is 0 Å². The molecule has 4 heterocycles. The maximum Gasteiger partial charge on any atom is 0.246 e. The minimum absolute atomic E-state index is 0.0337. The quantitative estimate of drug-likeness (QED) is 0.106. The minimum atomic E-state index is -0.788. The zero-order valence-electron chi connectivity index (χ0n) is 27.3. The molecule has 1 aliphatic heterocycles. The number of fused-ring (bicyclic) bond motifs is 2. The number of halogens is 2. The average molecular weight is 674 g/mol. The fourth-order valence-corrected chi connectivity index (χ4v) is 6.87. The lowest BCUT2D eigenvalue weighted by molar-refractivity contribution is -0.129. The molecule has 6 rings (SSSR count).